The van der Waals surface area contributed by atoms with Gasteiger partial charge in [0.2, 0.25) is 0 Å². The lowest BCUT2D eigenvalue weighted by molar-refractivity contribution is -0.136. The molecule has 1 rings (SSSR count). The Morgan fingerprint density at radius 2 is 2.26 bits per heavy atom. The molecule has 19 heavy (non-hydrogen) atoms. The van der Waals surface area contributed by atoms with Crippen LogP contribution >= 0.6 is 0 Å². The van der Waals surface area contributed by atoms with E-state index in [2.05, 4.69) is 16.7 Å². The number of hydrazone groups is 1. The maximum absolute atomic E-state index is 13.5. The largest absolute Gasteiger partial charge is 0.481 e. The summed E-state index contributed by atoms with van der Waals surface area (Å²) in [6.07, 6.45) is 1.81. The first-order valence-corrected chi connectivity index (χ1v) is 5.71. The molecule has 1 heterocycles. The molecule has 0 saturated carbocycles. The van der Waals surface area contributed by atoms with Gasteiger partial charge in [0.25, 0.3) is 0 Å². The monoisotopic (exact) mass is 265 g/mol. The molecular weight excluding hydrogens is 249 g/mol. The van der Waals surface area contributed by atoms with Crippen LogP contribution in [0.3, 0.4) is 0 Å². The minimum Gasteiger partial charge on any atom is -0.481 e. The molecule has 0 unspecified atom stereocenters. The molecule has 0 aromatic carbocycles. The molecule has 1 aromatic heterocycles. The Kier molecular flexibility index (Phi) is 5.17. The molecule has 0 saturated heterocycles. The maximum atomic E-state index is 13.5. The van der Waals surface area contributed by atoms with Gasteiger partial charge in [-0.2, -0.15) is 5.10 Å². The second-order valence-corrected chi connectivity index (χ2v) is 4.03. The highest BCUT2D eigenvalue weighted by molar-refractivity contribution is 5.85. The Balaban J connectivity index is 2.75. The van der Waals surface area contributed by atoms with Gasteiger partial charge in [-0.15, -0.1) is 0 Å². The van der Waals surface area contributed by atoms with Crippen LogP contribution in [0.2, 0.25) is 0 Å². The molecule has 1 N–H and O–H groups in total. The first kappa shape index (κ1) is 14.8. The number of carbonyl (C=O) groups is 1. The summed E-state index contributed by atoms with van der Waals surface area (Å²) in [6.45, 7) is 5.44. The fraction of sp³-hybridized carbons (Fsp3) is 0.308. The maximum Gasteiger partial charge on any atom is 0.303 e. The van der Waals surface area contributed by atoms with E-state index in [0.717, 1.165) is 0 Å². The minimum atomic E-state index is -0.883. The van der Waals surface area contributed by atoms with E-state index in [0.29, 0.717) is 17.8 Å². The van der Waals surface area contributed by atoms with Crippen molar-refractivity contribution in [1.29, 1.82) is 0 Å². The Hall–Kier alpha value is -2.24. The molecule has 0 amide bonds. The molecule has 102 valence electrons. The van der Waals surface area contributed by atoms with E-state index >= 15 is 0 Å². The highest BCUT2D eigenvalue weighted by Gasteiger charge is 2.11. The molecule has 0 fully saturated rings. The van der Waals surface area contributed by atoms with E-state index < -0.39 is 11.8 Å². The molecule has 0 spiro atoms. The van der Waals surface area contributed by atoms with Crippen molar-refractivity contribution < 1.29 is 14.3 Å². The molecule has 6 heteroatoms. The molecular formula is C13H16FN3O2. The molecule has 0 aliphatic rings. The highest BCUT2D eigenvalue weighted by Crippen LogP contribution is 2.17. The van der Waals surface area contributed by atoms with Gasteiger partial charge < -0.3 is 5.11 Å². The van der Waals surface area contributed by atoms with Crippen LogP contribution in [0.1, 0.15) is 25.5 Å². The van der Waals surface area contributed by atoms with Gasteiger partial charge in [0, 0.05) is 19.0 Å². The number of carboxylic acids is 1. The first-order chi connectivity index (χ1) is 8.91. The number of nitrogens with zero attached hydrogens (tertiary/aromatic N) is 3. The number of rotatable bonds is 6. The van der Waals surface area contributed by atoms with E-state index in [1.807, 2.05) is 0 Å². The van der Waals surface area contributed by atoms with Gasteiger partial charge in [0.05, 0.1) is 12.1 Å². The number of aromatic nitrogens is 1. The van der Waals surface area contributed by atoms with E-state index in [4.69, 9.17) is 5.11 Å². The van der Waals surface area contributed by atoms with Crippen LogP contribution in [-0.2, 0) is 4.79 Å². The molecule has 1 aromatic rings. The lowest BCUT2D eigenvalue weighted by Gasteiger charge is -2.17. The van der Waals surface area contributed by atoms with Crippen molar-refractivity contribution in [3.63, 3.8) is 0 Å². The predicted octanol–water partition coefficient (Wildman–Crippen LogP) is 2.36. The third kappa shape index (κ3) is 4.50. The van der Waals surface area contributed by atoms with E-state index in [1.54, 1.807) is 14.0 Å². The first-order valence-electron chi connectivity index (χ1n) is 5.71. The van der Waals surface area contributed by atoms with E-state index in [-0.39, 0.29) is 12.1 Å². The van der Waals surface area contributed by atoms with Gasteiger partial charge >= 0.3 is 5.97 Å². The lowest BCUT2D eigenvalue weighted by atomic mass is 10.2. The van der Waals surface area contributed by atoms with Crippen molar-refractivity contribution >= 4 is 17.4 Å². The van der Waals surface area contributed by atoms with Crippen LogP contribution < -0.4 is 0 Å². The zero-order valence-corrected chi connectivity index (χ0v) is 10.9. The Morgan fingerprint density at radius 3 is 2.84 bits per heavy atom. The quantitative estimate of drug-likeness (QED) is 0.633. The van der Waals surface area contributed by atoms with Crippen LogP contribution in [0.4, 0.5) is 4.39 Å². The number of pyridine rings is 1. The number of hydrogen-bond acceptors (Lipinski definition) is 4. The number of halogens is 1. The second kappa shape index (κ2) is 6.63. The van der Waals surface area contributed by atoms with E-state index in [9.17, 15) is 9.18 Å². The van der Waals surface area contributed by atoms with Gasteiger partial charge in [0.15, 0.2) is 5.82 Å². The Bertz CT molecular complexity index is 514. The molecule has 0 aliphatic carbocycles. The zero-order chi connectivity index (χ0) is 14.4. The summed E-state index contributed by atoms with van der Waals surface area (Å²) < 4.78 is 13.5. The molecule has 0 radical (unpaired) electrons. The van der Waals surface area contributed by atoms with Crippen molar-refractivity contribution in [2.24, 2.45) is 5.10 Å². The lowest BCUT2D eigenvalue weighted by Crippen LogP contribution is -2.14. The third-order valence-electron chi connectivity index (χ3n) is 2.44. The van der Waals surface area contributed by atoms with Crippen molar-refractivity contribution in [3.8, 4) is 0 Å². The highest BCUT2D eigenvalue weighted by atomic mass is 19.1. The Labute approximate surface area is 111 Å². The van der Waals surface area contributed by atoms with Crippen LogP contribution in [0.5, 0.6) is 0 Å². The zero-order valence-electron chi connectivity index (χ0n) is 10.9. The average molecular weight is 265 g/mol. The summed E-state index contributed by atoms with van der Waals surface area (Å²) in [6, 6.07) is 2.79. The van der Waals surface area contributed by atoms with Gasteiger partial charge in [-0.1, -0.05) is 6.58 Å². The average Bonchev–Trinajstić information content (AvgIpc) is 2.36. The van der Waals surface area contributed by atoms with Gasteiger partial charge in [0.1, 0.15) is 5.69 Å². The SMILES string of the molecule is C=C(c1ncccc1F)N(C)/N=C(\C)CCC(=O)O. The predicted molar refractivity (Wildman–Crippen MR) is 71.0 cm³/mol. The standard InChI is InChI=1S/C13H16FN3O2/c1-9(6-7-12(18)19)16-17(3)10(2)13-11(14)5-4-8-15-13/h4-5,8H,2,6-7H2,1,3H3,(H,18,19)/b16-9+. The number of carboxylic acid groups (broad SMARTS) is 1. The normalized spacial score (nSPS) is 11.2. The molecule has 0 aliphatic heterocycles. The summed E-state index contributed by atoms with van der Waals surface area (Å²) in [5.74, 6) is -1.36. The van der Waals surface area contributed by atoms with E-state index in [1.165, 1.54) is 23.3 Å². The van der Waals surface area contributed by atoms with Crippen LogP contribution in [0.25, 0.3) is 5.70 Å². The number of hydrogen-bond donors (Lipinski definition) is 1. The minimum absolute atomic E-state index is 0.00754. The summed E-state index contributed by atoms with van der Waals surface area (Å²) in [5.41, 5.74) is 1.06. The number of aliphatic carboxylic acids is 1. The van der Waals surface area contributed by atoms with Crippen LogP contribution in [0, 0.1) is 5.82 Å². The van der Waals surface area contributed by atoms with Crippen molar-refractivity contribution in [2.45, 2.75) is 19.8 Å². The van der Waals surface area contributed by atoms with Gasteiger partial charge in [-0.3, -0.25) is 14.8 Å². The van der Waals surface area contributed by atoms with Crippen LogP contribution in [0.15, 0.2) is 30.0 Å². The molecule has 0 atom stereocenters. The fourth-order valence-corrected chi connectivity index (χ4v) is 1.41. The summed E-state index contributed by atoms with van der Waals surface area (Å²) >= 11 is 0. The van der Waals surface area contributed by atoms with Crippen molar-refractivity contribution in [2.75, 3.05) is 7.05 Å². The summed E-state index contributed by atoms with van der Waals surface area (Å²) in [7, 11) is 1.61. The van der Waals surface area contributed by atoms with Gasteiger partial charge in [-0.05, 0) is 25.5 Å². The van der Waals surface area contributed by atoms with Crippen molar-refractivity contribution in [3.05, 3.63) is 36.4 Å². The molecule has 5 nitrogen and oxygen atoms in total. The third-order valence-corrected chi connectivity index (χ3v) is 2.44. The van der Waals surface area contributed by atoms with Gasteiger partial charge in [-0.25, -0.2) is 4.39 Å². The summed E-state index contributed by atoms with van der Waals surface area (Å²) in [4.78, 5) is 14.3. The smallest absolute Gasteiger partial charge is 0.303 e. The van der Waals surface area contributed by atoms with Crippen LogP contribution in [-0.4, -0.2) is 33.8 Å². The topological polar surface area (TPSA) is 65.8 Å². The Morgan fingerprint density at radius 1 is 1.58 bits per heavy atom. The fourth-order valence-electron chi connectivity index (χ4n) is 1.41. The molecule has 0 bridgehead atoms. The summed E-state index contributed by atoms with van der Waals surface area (Å²) in [5, 5.41) is 14.1. The second-order valence-electron chi connectivity index (χ2n) is 4.03. The van der Waals surface area contributed by atoms with Crippen molar-refractivity contribution in [1.82, 2.24) is 9.99 Å².